The Kier molecular flexibility index (Phi) is 2.91. The molecule has 2 aromatic carbocycles. The van der Waals surface area contributed by atoms with Gasteiger partial charge in [0, 0.05) is 22.9 Å². The molecule has 3 aromatic rings. The Morgan fingerprint density at radius 3 is 2.71 bits per heavy atom. The highest BCUT2D eigenvalue weighted by Crippen LogP contribution is 2.44. The predicted octanol–water partition coefficient (Wildman–Crippen LogP) is 4.92. The fourth-order valence-corrected chi connectivity index (χ4v) is 4.60. The summed E-state index contributed by atoms with van der Waals surface area (Å²) in [6, 6.07) is 17.8. The predicted molar refractivity (Wildman–Crippen MR) is 91.0 cm³/mol. The first-order valence-electron chi connectivity index (χ1n) is 7.46. The highest BCUT2D eigenvalue weighted by atomic mass is 32.1. The molecule has 2 heteroatoms. The third-order valence-electron chi connectivity index (χ3n) is 4.63. The first-order chi connectivity index (χ1) is 10.2. The Hall–Kier alpha value is -1.64. The molecular weight excluding hydrogens is 274 g/mol. The number of benzene rings is 2. The normalized spacial score (nSPS) is 20.4. The topological polar surface area (TPSA) is 12.0 Å². The number of fused-ring (bicyclic) bond motifs is 3. The summed E-state index contributed by atoms with van der Waals surface area (Å²) in [5.74, 6) is 0.410. The van der Waals surface area contributed by atoms with Crippen LogP contribution in [-0.2, 0) is 6.54 Å². The van der Waals surface area contributed by atoms with Gasteiger partial charge in [-0.25, -0.2) is 0 Å². The second kappa shape index (κ2) is 4.69. The summed E-state index contributed by atoms with van der Waals surface area (Å²) in [4.78, 5) is 1.45. The lowest BCUT2D eigenvalue weighted by molar-refractivity contribution is 0.328. The van der Waals surface area contributed by atoms with Crippen molar-refractivity contribution in [3.05, 3.63) is 69.9 Å². The van der Waals surface area contributed by atoms with Gasteiger partial charge in [-0.2, -0.15) is 0 Å². The average Bonchev–Trinajstić information content (AvgIpc) is 3.00. The molecule has 0 fully saturated rings. The van der Waals surface area contributed by atoms with E-state index >= 15 is 0 Å². The number of thiophene rings is 1. The van der Waals surface area contributed by atoms with Crippen LogP contribution >= 0.6 is 11.3 Å². The minimum absolute atomic E-state index is 0.0714. The van der Waals surface area contributed by atoms with Crippen LogP contribution in [0.5, 0.6) is 0 Å². The lowest BCUT2D eigenvalue weighted by Crippen LogP contribution is -2.48. The molecule has 0 aliphatic carbocycles. The molecular formula is C19H19NS. The van der Waals surface area contributed by atoms with E-state index in [1.807, 2.05) is 11.3 Å². The van der Waals surface area contributed by atoms with Crippen molar-refractivity contribution in [1.82, 2.24) is 5.32 Å². The zero-order valence-electron chi connectivity index (χ0n) is 12.4. The van der Waals surface area contributed by atoms with Crippen LogP contribution in [0, 0.1) is 0 Å². The molecule has 0 bridgehead atoms. The third-order valence-corrected chi connectivity index (χ3v) is 5.57. The summed E-state index contributed by atoms with van der Waals surface area (Å²) in [5, 5.41) is 8.66. The van der Waals surface area contributed by atoms with Gasteiger partial charge >= 0.3 is 0 Å². The van der Waals surface area contributed by atoms with Crippen LogP contribution in [0.4, 0.5) is 0 Å². The van der Waals surface area contributed by atoms with E-state index < -0.39 is 0 Å². The van der Waals surface area contributed by atoms with Crippen LogP contribution in [0.3, 0.4) is 0 Å². The minimum atomic E-state index is 0.0714. The molecule has 0 saturated carbocycles. The highest BCUT2D eigenvalue weighted by molar-refractivity contribution is 7.10. The molecule has 0 amide bonds. The summed E-state index contributed by atoms with van der Waals surface area (Å²) in [7, 11) is 0. The van der Waals surface area contributed by atoms with E-state index in [4.69, 9.17) is 0 Å². The quantitative estimate of drug-likeness (QED) is 0.672. The molecule has 1 aromatic heterocycles. The van der Waals surface area contributed by atoms with E-state index in [1.54, 1.807) is 0 Å². The van der Waals surface area contributed by atoms with Crippen LogP contribution in [0.15, 0.2) is 53.9 Å². The lowest BCUT2D eigenvalue weighted by atomic mass is 9.74. The Morgan fingerprint density at radius 2 is 1.90 bits per heavy atom. The van der Waals surface area contributed by atoms with Crippen LogP contribution in [0.2, 0.25) is 0 Å². The average molecular weight is 293 g/mol. The summed E-state index contributed by atoms with van der Waals surface area (Å²) >= 11 is 1.86. The van der Waals surface area contributed by atoms with Crippen molar-refractivity contribution in [2.75, 3.05) is 0 Å². The van der Waals surface area contributed by atoms with Gasteiger partial charge in [0.05, 0.1) is 0 Å². The van der Waals surface area contributed by atoms with Gasteiger partial charge in [-0.1, -0.05) is 42.5 Å². The van der Waals surface area contributed by atoms with E-state index in [1.165, 1.54) is 26.8 Å². The maximum absolute atomic E-state index is 3.72. The highest BCUT2D eigenvalue weighted by Gasteiger charge is 2.38. The van der Waals surface area contributed by atoms with E-state index in [2.05, 4.69) is 73.1 Å². The number of nitrogens with one attached hydrogen (secondary N) is 1. The monoisotopic (exact) mass is 293 g/mol. The Labute approximate surface area is 129 Å². The number of hydrogen-bond acceptors (Lipinski definition) is 2. The molecule has 1 atom stereocenters. The summed E-state index contributed by atoms with van der Waals surface area (Å²) < 4.78 is 0. The zero-order chi connectivity index (χ0) is 14.4. The van der Waals surface area contributed by atoms with Crippen LogP contribution < -0.4 is 5.32 Å². The van der Waals surface area contributed by atoms with Gasteiger partial charge in [0.25, 0.3) is 0 Å². The van der Waals surface area contributed by atoms with Gasteiger partial charge in [-0.05, 0) is 47.2 Å². The van der Waals surface area contributed by atoms with Crippen molar-refractivity contribution in [3.63, 3.8) is 0 Å². The number of rotatable bonds is 1. The van der Waals surface area contributed by atoms with Gasteiger partial charge in [0.2, 0.25) is 0 Å². The second-order valence-corrected chi connectivity index (χ2v) is 7.36. The van der Waals surface area contributed by atoms with Crippen LogP contribution in [-0.4, -0.2) is 5.54 Å². The van der Waals surface area contributed by atoms with E-state index in [9.17, 15) is 0 Å². The van der Waals surface area contributed by atoms with E-state index in [-0.39, 0.29) is 5.54 Å². The standard InChI is InChI=1S/C19H19NS/c1-19(2)18(16-8-5-11-21-16)17-14(12-20-19)10-9-13-6-3-4-7-15(13)17/h3-11,18,20H,12H2,1-2H3. The van der Waals surface area contributed by atoms with Crippen molar-refractivity contribution >= 4 is 22.1 Å². The molecule has 1 unspecified atom stereocenters. The van der Waals surface area contributed by atoms with Gasteiger partial charge < -0.3 is 5.32 Å². The van der Waals surface area contributed by atoms with Crippen molar-refractivity contribution in [2.24, 2.45) is 0 Å². The summed E-state index contributed by atoms with van der Waals surface area (Å²) in [6.45, 7) is 5.60. The maximum Gasteiger partial charge on any atom is 0.0370 e. The molecule has 21 heavy (non-hydrogen) atoms. The van der Waals surface area contributed by atoms with Crippen LogP contribution in [0.25, 0.3) is 10.8 Å². The molecule has 1 N–H and O–H groups in total. The van der Waals surface area contributed by atoms with Crippen molar-refractivity contribution in [1.29, 1.82) is 0 Å². The fraction of sp³-hybridized carbons (Fsp3) is 0.263. The SMILES string of the molecule is CC1(C)NCc2ccc3ccccc3c2C1c1cccs1. The zero-order valence-corrected chi connectivity index (χ0v) is 13.2. The van der Waals surface area contributed by atoms with Gasteiger partial charge in [0.15, 0.2) is 0 Å². The Balaban J connectivity index is 2.05. The van der Waals surface area contributed by atoms with Gasteiger partial charge in [-0.15, -0.1) is 11.3 Å². The molecule has 1 aliphatic heterocycles. The van der Waals surface area contributed by atoms with Gasteiger partial charge in [0.1, 0.15) is 0 Å². The largest absolute Gasteiger partial charge is 0.307 e. The smallest absolute Gasteiger partial charge is 0.0370 e. The van der Waals surface area contributed by atoms with Crippen molar-refractivity contribution in [3.8, 4) is 0 Å². The lowest BCUT2D eigenvalue weighted by Gasteiger charge is -2.41. The Morgan fingerprint density at radius 1 is 1.05 bits per heavy atom. The second-order valence-electron chi connectivity index (χ2n) is 6.38. The third kappa shape index (κ3) is 2.02. The molecule has 106 valence electrons. The Bertz CT molecular complexity index is 786. The molecule has 2 heterocycles. The van der Waals surface area contributed by atoms with E-state index in [0.29, 0.717) is 5.92 Å². The summed E-state index contributed by atoms with van der Waals surface area (Å²) in [6.07, 6.45) is 0. The fourth-order valence-electron chi connectivity index (χ4n) is 3.58. The van der Waals surface area contributed by atoms with E-state index in [0.717, 1.165) is 6.54 Å². The molecule has 1 aliphatic rings. The maximum atomic E-state index is 3.72. The first kappa shape index (κ1) is 13.1. The first-order valence-corrected chi connectivity index (χ1v) is 8.34. The summed E-state index contributed by atoms with van der Waals surface area (Å²) in [5.41, 5.74) is 3.02. The molecule has 0 radical (unpaired) electrons. The van der Waals surface area contributed by atoms with Crippen LogP contribution in [0.1, 0.15) is 35.8 Å². The molecule has 4 rings (SSSR count). The van der Waals surface area contributed by atoms with Crippen molar-refractivity contribution < 1.29 is 0 Å². The minimum Gasteiger partial charge on any atom is -0.307 e. The molecule has 0 spiro atoms. The van der Waals surface area contributed by atoms with Crippen molar-refractivity contribution in [2.45, 2.75) is 31.8 Å². The molecule has 1 nitrogen and oxygen atoms in total. The number of hydrogen-bond donors (Lipinski definition) is 1. The van der Waals surface area contributed by atoms with Gasteiger partial charge in [-0.3, -0.25) is 0 Å². The molecule has 0 saturated heterocycles.